The third kappa shape index (κ3) is 3.94. The number of hydrogen-bond acceptors (Lipinski definition) is 5. The number of aliphatic hydroxyl groups is 1. The van der Waals surface area contributed by atoms with Crippen molar-refractivity contribution in [3.8, 4) is 11.3 Å². The minimum atomic E-state index is -0.115. The summed E-state index contributed by atoms with van der Waals surface area (Å²) in [6, 6.07) is 13.2. The maximum Gasteiger partial charge on any atom is 0.203 e. The second kappa shape index (κ2) is 7.77. The van der Waals surface area contributed by atoms with Crippen molar-refractivity contribution in [1.29, 1.82) is 0 Å². The Kier molecular flexibility index (Phi) is 5.48. The number of nitrogens with one attached hydrogen (secondary N) is 1. The average Bonchev–Trinajstić information content (AvgIpc) is 3.07. The smallest absolute Gasteiger partial charge is 0.203 e. The Balaban J connectivity index is 1.73. The van der Waals surface area contributed by atoms with Crippen LogP contribution >= 0.6 is 34.5 Å². The number of hydrazone groups is 1. The number of aromatic nitrogens is 1. The monoisotopic (exact) mass is 377 g/mol. The van der Waals surface area contributed by atoms with Crippen LogP contribution in [0.1, 0.15) is 11.1 Å². The van der Waals surface area contributed by atoms with E-state index in [1.165, 1.54) is 17.6 Å². The fourth-order valence-corrected chi connectivity index (χ4v) is 3.37. The molecule has 24 heavy (non-hydrogen) atoms. The first-order valence-electron chi connectivity index (χ1n) is 7.06. The van der Waals surface area contributed by atoms with Crippen LogP contribution in [0.5, 0.6) is 0 Å². The Morgan fingerprint density at radius 2 is 1.88 bits per heavy atom. The molecule has 4 nitrogen and oxygen atoms in total. The summed E-state index contributed by atoms with van der Waals surface area (Å²) < 4.78 is 0. The van der Waals surface area contributed by atoms with Crippen LogP contribution in [0.15, 0.2) is 52.9 Å². The van der Waals surface area contributed by atoms with Gasteiger partial charge in [-0.25, -0.2) is 4.98 Å². The first kappa shape index (κ1) is 16.9. The second-order valence-corrected chi connectivity index (χ2v) is 6.58. The van der Waals surface area contributed by atoms with Gasteiger partial charge < -0.3 is 5.11 Å². The fourth-order valence-electron chi connectivity index (χ4n) is 2.07. The highest BCUT2D eigenvalue weighted by atomic mass is 35.5. The topological polar surface area (TPSA) is 57.5 Å². The van der Waals surface area contributed by atoms with Crippen LogP contribution in [-0.2, 0) is 6.61 Å². The molecule has 3 rings (SSSR count). The molecule has 0 spiro atoms. The number of thiazole rings is 1. The lowest BCUT2D eigenvalue weighted by molar-refractivity contribution is 0.282. The van der Waals surface area contributed by atoms with Crippen molar-refractivity contribution < 1.29 is 5.11 Å². The van der Waals surface area contributed by atoms with E-state index >= 15 is 0 Å². The van der Waals surface area contributed by atoms with Gasteiger partial charge in [-0.3, -0.25) is 5.43 Å². The zero-order chi connectivity index (χ0) is 16.9. The fraction of sp³-hybridized carbons (Fsp3) is 0.0588. The number of benzene rings is 2. The summed E-state index contributed by atoms with van der Waals surface area (Å²) in [5.74, 6) is 0. The molecule has 0 amide bonds. The van der Waals surface area contributed by atoms with E-state index in [0.717, 1.165) is 11.3 Å². The Bertz CT molecular complexity index is 842. The van der Waals surface area contributed by atoms with E-state index in [4.69, 9.17) is 28.3 Å². The van der Waals surface area contributed by atoms with E-state index < -0.39 is 0 Å². The highest BCUT2D eigenvalue weighted by Crippen LogP contribution is 2.26. The molecule has 1 aromatic heterocycles. The van der Waals surface area contributed by atoms with Crippen molar-refractivity contribution in [3.05, 3.63) is 69.0 Å². The van der Waals surface area contributed by atoms with Gasteiger partial charge >= 0.3 is 0 Å². The summed E-state index contributed by atoms with van der Waals surface area (Å²) in [7, 11) is 0. The molecule has 0 unspecified atom stereocenters. The number of rotatable bonds is 5. The van der Waals surface area contributed by atoms with Crippen LogP contribution < -0.4 is 5.43 Å². The molecule has 1 heterocycles. The number of nitrogens with zero attached hydrogens (tertiary/aromatic N) is 2. The first-order valence-corrected chi connectivity index (χ1v) is 8.69. The molecule has 2 aromatic carbocycles. The number of hydrogen-bond donors (Lipinski definition) is 2. The van der Waals surface area contributed by atoms with E-state index in [1.807, 2.05) is 35.7 Å². The highest BCUT2D eigenvalue weighted by Gasteiger charge is 2.07. The van der Waals surface area contributed by atoms with Gasteiger partial charge in [0.05, 0.1) is 28.6 Å². The lowest BCUT2D eigenvalue weighted by atomic mass is 10.1. The minimum Gasteiger partial charge on any atom is -0.392 e. The minimum absolute atomic E-state index is 0.115. The number of halogens is 2. The highest BCUT2D eigenvalue weighted by molar-refractivity contribution is 7.14. The van der Waals surface area contributed by atoms with Gasteiger partial charge in [-0.05, 0) is 17.7 Å². The van der Waals surface area contributed by atoms with Gasteiger partial charge in [0, 0.05) is 16.5 Å². The Morgan fingerprint density at radius 1 is 1.17 bits per heavy atom. The molecule has 0 saturated carbocycles. The van der Waals surface area contributed by atoms with Gasteiger partial charge in [0.1, 0.15) is 0 Å². The molecule has 0 aliphatic rings. The maximum absolute atomic E-state index is 9.13. The molecule has 122 valence electrons. The summed E-state index contributed by atoms with van der Waals surface area (Å²) >= 11 is 13.8. The third-order valence-corrected chi connectivity index (χ3v) is 4.62. The molecule has 0 fully saturated rings. The lowest BCUT2D eigenvalue weighted by Gasteiger charge is -2.04. The summed E-state index contributed by atoms with van der Waals surface area (Å²) in [5.41, 5.74) is 6.06. The van der Waals surface area contributed by atoms with Crippen molar-refractivity contribution in [3.63, 3.8) is 0 Å². The van der Waals surface area contributed by atoms with E-state index in [9.17, 15) is 0 Å². The molecule has 0 radical (unpaired) electrons. The Morgan fingerprint density at radius 3 is 2.54 bits per heavy atom. The zero-order valence-corrected chi connectivity index (χ0v) is 14.7. The van der Waals surface area contributed by atoms with Crippen LogP contribution in [0.2, 0.25) is 10.0 Å². The molecular formula is C17H13Cl2N3OS. The largest absolute Gasteiger partial charge is 0.392 e. The normalized spacial score (nSPS) is 11.1. The third-order valence-electron chi connectivity index (χ3n) is 3.25. The van der Waals surface area contributed by atoms with Crippen molar-refractivity contribution >= 4 is 45.9 Å². The first-order chi connectivity index (χ1) is 11.7. The van der Waals surface area contributed by atoms with Gasteiger partial charge in [-0.1, -0.05) is 53.5 Å². The summed E-state index contributed by atoms with van der Waals surface area (Å²) in [6.07, 6.45) is 1.54. The standard InChI is InChI=1S/C17H13Cl2N3OS/c18-14-6-11(9-23)7-15(19)13(14)8-20-22-17-21-16(10-24-17)12-4-2-1-3-5-12/h1-8,10,23H,9H2,(H,21,22). The number of aliphatic hydroxyl groups excluding tert-OH is 1. The van der Waals surface area contributed by atoms with Crippen molar-refractivity contribution in [2.24, 2.45) is 5.10 Å². The second-order valence-electron chi connectivity index (χ2n) is 4.91. The molecule has 7 heteroatoms. The van der Waals surface area contributed by atoms with Crippen molar-refractivity contribution in [2.75, 3.05) is 5.43 Å². The Labute approximate surface area is 153 Å². The van der Waals surface area contributed by atoms with E-state index in [2.05, 4.69) is 15.5 Å². The van der Waals surface area contributed by atoms with Gasteiger partial charge in [0.2, 0.25) is 5.13 Å². The molecular weight excluding hydrogens is 365 g/mol. The molecule has 0 atom stereocenters. The Hall–Kier alpha value is -1.92. The molecule has 0 aliphatic carbocycles. The molecule has 0 bridgehead atoms. The van der Waals surface area contributed by atoms with Gasteiger partial charge in [-0.15, -0.1) is 11.3 Å². The summed E-state index contributed by atoms with van der Waals surface area (Å²) in [4.78, 5) is 4.48. The number of anilines is 1. The quantitative estimate of drug-likeness (QED) is 0.482. The molecule has 3 aromatic rings. The maximum atomic E-state index is 9.13. The predicted molar refractivity (Wildman–Crippen MR) is 101 cm³/mol. The van der Waals surface area contributed by atoms with Crippen molar-refractivity contribution in [1.82, 2.24) is 4.98 Å². The average molecular weight is 378 g/mol. The van der Waals surface area contributed by atoms with E-state index in [1.54, 1.807) is 12.1 Å². The zero-order valence-electron chi connectivity index (χ0n) is 12.4. The lowest BCUT2D eigenvalue weighted by Crippen LogP contribution is -1.94. The predicted octanol–water partition coefficient (Wildman–Crippen LogP) is 5.06. The van der Waals surface area contributed by atoms with Crippen molar-refractivity contribution in [2.45, 2.75) is 6.61 Å². The molecule has 0 aliphatic heterocycles. The van der Waals surface area contributed by atoms with Gasteiger partial charge in [-0.2, -0.15) is 5.10 Å². The van der Waals surface area contributed by atoms with E-state index in [-0.39, 0.29) is 6.61 Å². The van der Waals surface area contributed by atoms with Gasteiger partial charge in [0.15, 0.2) is 0 Å². The van der Waals surface area contributed by atoms with Crippen LogP contribution in [0.25, 0.3) is 11.3 Å². The molecule has 0 saturated heterocycles. The van der Waals surface area contributed by atoms with Crippen LogP contribution in [0.3, 0.4) is 0 Å². The molecule has 2 N–H and O–H groups in total. The van der Waals surface area contributed by atoms with Crippen LogP contribution in [-0.4, -0.2) is 16.3 Å². The van der Waals surface area contributed by atoms with E-state index in [0.29, 0.717) is 26.3 Å². The van der Waals surface area contributed by atoms with Crippen LogP contribution in [0, 0.1) is 0 Å². The SMILES string of the molecule is OCc1cc(Cl)c(C=NNc2nc(-c3ccccc3)cs2)c(Cl)c1. The van der Waals surface area contributed by atoms with Crippen LogP contribution in [0.4, 0.5) is 5.13 Å². The summed E-state index contributed by atoms with van der Waals surface area (Å²) in [5, 5.41) is 16.8. The van der Waals surface area contributed by atoms with Gasteiger partial charge in [0.25, 0.3) is 0 Å². The summed E-state index contributed by atoms with van der Waals surface area (Å²) in [6.45, 7) is -0.115.